The second-order valence-electron chi connectivity index (χ2n) is 8.20. The van der Waals surface area contributed by atoms with Crippen LogP contribution in [0.25, 0.3) is 0 Å². The molecule has 0 fully saturated rings. The summed E-state index contributed by atoms with van der Waals surface area (Å²) >= 11 is 0. The van der Waals surface area contributed by atoms with Gasteiger partial charge in [-0.25, -0.2) is 14.4 Å². The predicted octanol–water partition coefficient (Wildman–Crippen LogP) is 6.11. The van der Waals surface area contributed by atoms with Crippen LogP contribution in [0.2, 0.25) is 0 Å². The van der Waals surface area contributed by atoms with E-state index < -0.39 is 18.0 Å². The molecule has 0 aromatic heterocycles. The van der Waals surface area contributed by atoms with Crippen LogP contribution in [0.4, 0.5) is 10.5 Å². The van der Waals surface area contributed by atoms with E-state index in [0.717, 1.165) is 23.3 Å². The molecule has 0 aliphatic carbocycles. The molecule has 0 aliphatic rings. The van der Waals surface area contributed by atoms with E-state index in [1.165, 1.54) is 11.0 Å². The molecular formula is C29H24N2O6. The molecule has 8 nitrogen and oxygen atoms in total. The summed E-state index contributed by atoms with van der Waals surface area (Å²) in [5.74, 6) is -1.16. The molecule has 4 aromatic carbocycles. The van der Waals surface area contributed by atoms with Crippen molar-refractivity contribution in [2.24, 2.45) is 0 Å². The first kappa shape index (κ1) is 25.0. The number of rotatable bonds is 9. The van der Waals surface area contributed by atoms with Crippen LogP contribution in [0.1, 0.15) is 31.8 Å². The van der Waals surface area contributed by atoms with Gasteiger partial charge in [0.05, 0.1) is 16.8 Å². The summed E-state index contributed by atoms with van der Waals surface area (Å²) in [6.45, 7) is 0.462. The lowest BCUT2D eigenvalue weighted by molar-refractivity contribution is 0.0682. The van der Waals surface area contributed by atoms with E-state index in [4.69, 9.17) is 4.74 Å². The molecule has 4 rings (SSSR count). The lowest BCUT2D eigenvalue weighted by atomic mass is 10.1. The van der Waals surface area contributed by atoms with Crippen LogP contribution < -0.4 is 10.1 Å². The minimum Gasteiger partial charge on any atom is -0.478 e. The molecule has 0 saturated carbocycles. The van der Waals surface area contributed by atoms with E-state index >= 15 is 0 Å². The zero-order valence-corrected chi connectivity index (χ0v) is 19.7. The molecule has 0 atom stereocenters. The maximum Gasteiger partial charge on any atom is 0.337 e. The Morgan fingerprint density at radius 1 is 0.676 bits per heavy atom. The lowest BCUT2D eigenvalue weighted by Crippen LogP contribution is -2.34. The number of nitrogens with one attached hydrogen (secondary N) is 1. The van der Waals surface area contributed by atoms with Gasteiger partial charge in [-0.05, 0) is 53.6 Å². The largest absolute Gasteiger partial charge is 0.478 e. The quantitative estimate of drug-likeness (QED) is 0.257. The highest BCUT2D eigenvalue weighted by Crippen LogP contribution is 2.23. The average molecular weight is 497 g/mol. The van der Waals surface area contributed by atoms with Gasteiger partial charge in [-0.3, -0.25) is 0 Å². The van der Waals surface area contributed by atoms with Crippen molar-refractivity contribution in [3.63, 3.8) is 0 Å². The van der Waals surface area contributed by atoms with Gasteiger partial charge in [0.15, 0.2) is 0 Å². The molecule has 0 spiro atoms. The summed E-state index contributed by atoms with van der Waals surface area (Å²) in [7, 11) is 0. The molecule has 0 bridgehead atoms. The van der Waals surface area contributed by atoms with Crippen molar-refractivity contribution in [1.29, 1.82) is 0 Å². The first-order valence-corrected chi connectivity index (χ1v) is 11.4. The van der Waals surface area contributed by atoms with Gasteiger partial charge in [0, 0.05) is 13.1 Å². The average Bonchev–Trinajstić information content (AvgIpc) is 2.90. The number of carbonyl (C=O) groups excluding carboxylic acids is 1. The maximum atomic E-state index is 13.3. The summed E-state index contributed by atoms with van der Waals surface area (Å²) in [4.78, 5) is 37.9. The van der Waals surface area contributed by atoms with E-state index in [2.05, 4.69) is 5.32 Å². The smallest absolute Gasteiger partial charge is 0.337 e. The molecule has 0 radical (unpaired) electrons. The standard InChI is InChI=1S/C29H24N2O6/c32-27(33)22-13-16-25(28(34)35)26(17-22)30-29(36)31(18-20-7-3-1-4-8-20)19-21-11-14-24(15-12-21)37-23-9-5-2-6-10-23/h1-17H,18-19H2,(H,30,36)(H,32,33)(H,34,35). The molecule has 3 N–H and O–H groups in total. The highest BCUT2D eigenvalue weighted by Gasteiger charge is 2.20. The third-order valence-electron chi connectivity index (χ3n) is 5.52. The number of hydrogen-bond acceptors (Lipinski definition) is 4. The van der Waals surface area contributed by atoms with Crippen molar-refractivity contribution in [3.8, 4) is 11.5 Å². The van der Waals surface area contributed by atoms with E-state index in [0.29, 0.717) is 11.5 Å². The van der Waals surface area contributed by atoms with Gasteiger partial charge in [-0.15, -0.1) is 0 Å². The van der Waals surface area contributed by atoms with Gasteiger partial charge >= 0.3 is 18.0 Å². The normalized spacial score (nSPS) is 10.4. The van der Waals surface area contributed by atoms with E-state index in [1.807, 2.05) is 72.8 Å². The number of carboxylic acids is 2. The molecule has 0 heterocycles. The third kappa shape index (κ3) is 6.73. The topological polar surface area (TPSA) is 116 Å². The number of aromatic carboxylic acids is 2. The van der Waals surface area contributed by atoms with Crippen molar-refractivity contribution in [1.82, 2.24) is 4.90 Å². The number of benzene rings is 4. The zero-order valence-electron chi connectivity index (χ0n) is 19.7. The summed E-state index contributed by atoms with van der Waals surface area (Å²) < 4.78 is 5.83. The van der Waals surface area contributed by atoms with Crippen LogP contribution in [0, 0.1) is 0 Å². The number of ether oxygens (including phenoxy) is 1. The van der Waals surface area contributed by atoms with Crippen LogP contribution >= 0.6 is 0 Å². The number of anilines is 1. The summed E-state index contributed by atoms with van der Waals surface area (Å²) in [5, 5.41) is 21.4. The van der Waals surface area contributed by atoms with Crippen molar-refractivity contribution in [2.75, 3.05) is 5.32 Å². The fraction of sp³-hybridized carbons (Fsp3) is 0.0690. The Balaban J connectivity index is 1.56. The predicted molar refractivity (Wildman–Crippen MR) is 138 cm³/mol. The van der Waals surface area contributed by atoms with Gasteiger partial charge < -0.3 is 25.2 Å². The Bertz CT molecular complexity index is 1390. The van der Waals surface area contributed by atoms with Crippen molar-refractivity contribution in [3.05, 3.63) is 125 Å². The first-order valence-electron chi connectivity index (χ1n) is 11.4. The molecular weight excluding hydrogens is 472 g/mol. The lowest BCUT2D eigenvalue weighted by Gasteiger charge is -2.24. The molecule has 0 aliphatic heterocycles. The van der Waals surface area contributed by atoms with Gasteiger partial charge in [-0.2, -0.15) is 0 Å². The Morgan fingerprint density at radius 3 is 1.84 bits per heavy atom. The van der Waals surface area contributed by atoms with Crippen LogP contribution in [-0.4, -0.2) is 33.1 Å². The van der Waals surface area contributed by atoms with Crippen LogP contribution in [0.5, 0.6) is 11.5 Å². The van der Waals surface area contributed by atoms with Crippen molar-refractivity contribution >= 4 is 23.7 Å². The second-order valence-corrected chi connectivity index (χ2v) is 8.20. The minimum atomic E-state index is -1.28. The maximum absolute atomic E-state index is 13.3. The Hall–Kier alpha value is -5.11. The van der Waals surface area contributed by atoms with Crippen LogP contribution in [-0.2, 0) is 13.1 Å². The Morgan fingerprint density at radius 2 is 1.24 bits per heavy atom. The summed E-state index contributed by atoms with van der Waals surface area (Å²) in [6, 6.07) is 28.9. The van der Waals surface area contributed by atoms with E-state index in [9.17, 15) is 24.6 Å². The number of carbonyl (C=O) groups is 3. The molecule has 0 saturated heterocycles. The zero-order chi connectivity index (χ0) is 26.2. The Labute approximate surface area is 213 Å². The molecule has 2 amide bonds. The molecule has 0 unspecified atom stereocenters. The van der Waals surface area contributed by atoms with Gasteiger partial charge in [0.2, 0.25) is 0 Å². The molecule has 4 aromatic rings. The van der Waals surface area contributed by atoms with E-state index in [-0.39, 0.29) is 29.9 Å². The molecule has 8 heteroatoms. The molecule has 37 heavy (non-hydrogen) atoms. The number of nitrogens with zero attached hydrogens (tertiary/aromatic N) is 1. The fourth-order valence-corrected chi connectivity index (χ4v) is 3.67. The van der Waals surface area contributed by atoms with Gasteiger partial charge in [0.25, 0.3) is 0 Å². The number of carboxylic acid groups (broad SMARTS) is 2. The summed E-state index contributed by atoms with van der Waals surface area (Å²) in [5.41, 5.74) is 1.26. The second kappa shape index (κ2) is 11.5. The highest BCUT2D eigenvalue weighted by molar-refractivity contribution is 6.02. The fourth-order valence-electron chi connectivity index (χ4n) is 3.67. The molecule has 186 valence electrons. The number of para-hydroxylation sites is 1. The van der Waals surface area contributed by atoms with Crippen LogP contribution in [0.3, 0.4) is 0 Å². The van der Waals surface area contributed by atoms with Gasteiger partial charge in [0.1, 0.15) is 11.5 Å². The van der Waals surface area contributed by atoms with E-state index in [1.54, 1.807) is 12.1 Å². The van der Waals surface area contributed by atoms with Crippen molar-refractivity contribution < 1.29 is 29.3 Å². The SMILES string of the molecule is O=C(O)c1ccc(C(=O)O)c(NC(=O)N(Cc2ccccc2)Cc2ccc(Oc3ccccc3)cc2)c1. The first-order chi connectivity index (χ1) is 17.9. The highest BCUT2D eigenvalue weighted by atomic mass is 16.5. The monoisotopic (exact) mass is 496 g/mol. The summed E-state index contributed by atoms with van der Waals surface area (Å²) in [6.07, 6.45) is 0. The van der Waals surface area contributed by atoms with Crippen LogP contribution in [0.15, 0.2) is 103 Å². The van der Waals surface area contributed by atoms with Crippen molar-refractivity contribution in [2.45, 2.75) is 13.1 Å². The number of amides is 2. The number of urea groups is 1. The van der Waals surface area contributed by atoms with Gasteiger partial charge in [-0.1, -0.05) is 60.7 Å². The Kier molecular flexibility index (Phi) is 7.80. The number of hydrogen-bond donors (Lipinski definition) is 3. The third-order valence-corrected chi connectivity index (χ3v) is 5.52. The minimum absolute atomic E-state index is 0.0953.